The monoisotopic (exact) mass is 508 g/mol. The number of carbonyl (C=O) groups excluding carboxylic acids is 2. The number of benzene rings is 1. The summed E-state index contributed by atoms with van der Waals surface area (Å²) in [4.78, 5) is 30.0. The fourth-order valence-corrected chi connectivity index (χ4v) is 6.06. The van der Waals surface area contributed by atoms with E-state index in [1.165, 1.54) is 7.11 Å². The molecule has 1 aliphatic heterocycles. The number of aromatic nitrogens is 1. The van der Waals surface area contributed by atoms with Crippen LogP contribution in [0.1, 0.15) is 73.0 Å². The number of nitrogens with zero attached hydrogens (tertiary/aromatic N) is 2. The maximum atomic E-state index is 14.3. The van der Waals surface area contributed by atoms with Gasteiger partial charge in [-0.25, -0.2) is 4.79 Å². The summed E-state index contributed by atoms with van der Waals surface area (Å²) in [6.45, 7) is 11.9. The Bertz CT molecular complexity index is 1280. The third-order valence-electron chi connectivity index (χ3n) is 6.88. The largest absolute Gasteiger partial charge is 0.496 e. The van der Waals surface area contributed by atoms with Crippen molar-refractivity contribution in [2.45, 2.75) is 66.0 Å². The maximum absolute atomic E-state index is 14.3. The summed E-state index contributed by atoms with van der Waals surface area (Å²) in [6.07, 6.45) is 2.36. The van der Waals surface area contributed by atoms with Crippen molar-refractivity contribution in [3.05, 3.63) is 52.0 Å². The summed E-state index contributed by atoms with van der Waals surface area (Å²) in [5.74, 6) is 0.132. The lowest BCUT2D eigenvalue weighted by Crippen LogP contribution is -2.47. The first kappa shape index (κ1) is 26.0. The molecule has 0 aliphatic carbocycles. The molecular weight excluding hydrogens is 472 g/mol. The van der Waals surface area contributed by atoms with Crippen molar-refractivity contribution in [1.82, 2.24) is 9.47 Å². The Balaban J connectivity index is 2.05. The van der Waals surface area contributed by atoms with E-state index in [0.29, 0.717) is 24.4 Å². The lowest BCUT2D eigenvalue weighted by Gasteiger charge is -2.36. The minimum absolute atomic E-state index is 0.0652. The van der Waals surface area contributed by atoms with Gasteiger partial charge < -0.3 is 18.9 Å². The van der Waals surface area contributed by atoms with Crippen LogP contribution >= 0.6 is 11.3 Å². The van der Waals surface area contributed by atoms with Gasteiger partial charge in [-0.1, -0.05) is 19.9 Å². The van der Waals surface area contributed by atoms with Crippen LogP contribution < -0.4 is 4.74 Å². The Morgan fingerprint density at radius 3 is 2.47 bits per heavy atom. The highest BCUT2D eigenvalue weighted by Gasteiger charge is 2.36. The first-order chi connectivity index (χ1) is 17.2. The van der Waals surface area contributed by atoms with Crippen molar-refractivity contribution >= 4 is 23.2 Å². The number of hydrogen-bond donors (Lipinski definition) is 0. The second kappa shape index (κ2) is 10.1. The smallest absolute Gasteiger partial charge is 0.341 e. The summed E-state index contributed by atoms with van der Waals surface area (Å²) in [7, 11) is 2.94. The molecule has 0 unspecified atom stereocenters. The number of rotatable bonds is 7. The van der Waals surface area contributed by atoms with Gasteiger partial charge in [0.2, 0.25) is 0 Å². The number of methoxy groups -OCH3 is 2. The third kappa shape index (κ3) is 4.34. The van der Waals surface area contributed by atoms with Crippen LogP contribution in [0.2, 0.25) is 0 Å². The summed E-state index contributed by atoms with van der Waals surface area (Å²) in [6, 6.07) is 7.98. The third-order valence-corrected chi connectivity index (χ3v) is 7.77. The standard InChI is InChI=1S/C29H36N2O4S/c1-8-13-31(29(3,4)5)27(32)26-19(9-2)24(23-11-10-15-36-23)25-20-17-21(28(33)35-7)22(34-6)16-18(20)12-14-30(25)26/h10-11,15-17H,8-9,12-14H2,1-7H3. The van der Waals surface area contributed by atoms with Crippen LogP contribution in [-0.4, -0.2) is 47.6 Å². The van der Waals surface area contributed by atoms with Gasteiger partial charge in [0.25, 0.3) is 5.91 Å². The molecule has 0 saturated carbocycles. The predicted octanol–water partition coefficient (Wildman–Crippen LogP) is 6.45. The fourth-order valence-electron chi connectivity index (χ4n) is 5.26. The van der Waals surface area contributed by atoms with E-state index >= 15 is 0 Å². The maximum Gasteiger partial charge on any atom is 0.341 e. The molecule has 1 aromatic carbocycles. The van der Waals surface area contributed by atoms with Crippen LogP contribution in [0.3, 0.4) is 0 Å². The molecule has 192 valence electrons. The van der Waals surface area contributed by atoms with Crippen LogP contribution in [0.15, 0.2) is 29.6 Å². The van der Waals surface area contributed by atoms with E-state index in [0.717, 1.165) is 57.8 Å². The zero-order chi connectivity index (χ0) is 26.2. The molecule has 0 radical (unpaired) electrons. The molecule has 1 aliphatic rings. The van der Waals surface area contributed by atoms with Crippen molar-refractivity contribution in [3.63, 3.8) is 0 Å². The highest BCUT2D eigenvalue weighted by molar-refractivity contribution is 7.13. The van der Waals surface area contributed by atoms with E-state index in [1.807, 2.05) is 23.1 Å². The number of aryl methyl sites for hydroxylation is 1. The number of thiophene rings is 1. The summed E-state index contributed by atoms with van der Waals surface area (Å²) >= 11 is 1.67. The van der Waals surface area contributed by atoms with E-state index in [1.54, 1.807) is 18.4 Å². The van der Waals surface area contributed by atoms with E-state index < -0.39 is 5.97 Å². The van der Waals surface area contributed by atoms with E-state index in [-0.39, 0.29) is 11.4 Å². The van der Waals surface area contributed by atoms with Gasteiger partial charge in [0.1, 0.15) is 17.0 Å². The molecule has 4 rings (SSSR count). The first-order valence-corrected chi connectivity index (χ1v) is 13.5. The lowest BCUT2D eigenvalue weighted by atomic mass is 9.92. The molecule has 3 heterocycles. The zero-order valence-electron chi connectivity index (χ0n) is 22.4. The summed E-state index contributed by atoms with van der Waals surface area (Å²) < 4.78 is 12.8. The van der Waals surface area contributed by atoms with Crippen molar-refractivity contribution in [2.75, 3.05) is 20.8 Å². The minimum Gasteiger partial charge on any atom is -0.496 e. The molecule has 2 aromatic heterocycles. The van der Waals surface area contributed by atoms with Crippen LogP contribution in [0.5, 0.6) is 5.75 Å². The quantitative estimate of drug-likeness (QED) is 0.344. The molecule has 0 atom stereocenters. The first-order valence-electron chi connectivity index (χ1n) is 12.6. The van der Waals surface area contributed by atoms with Crippen LogP contribution in [0.25, 0.3) is 21.7 Å². The number of esters is 1. The highest BCUT2D eigenvalue weighted by atomic mass is 32.1. The Kier molecular flexibility index (Phi) is 7.32. The predicted molar refractivity (Wildman–Crippen MR) is 145 cm³/mol. The van der Waals surface area contributed by atoms with Crippen molar-refractivity contribution in [1.29, 1.82) is 0 Å². The number of amides is 1. The molecule has 0 spiro atoms. The molecule has 0 bridgehead atoms. The van der Waals surface area contributed by atoms with Gasteiger partial charge in [-0.05, 0) is 74.7 Å². The molecule has 6 nitrogen and oxygen atoms in total. The summed E-state index contributed by atoms with van der Waals surface area (Å²) in [5, 5.41) is 2.07. The van der Waals surface area contributed by atoms with Crippen molar-refractivity contribution in [2.24, 2.45) is 0 Å². The van der Waals surface area contributed by atoms with Gasteiger partial charge in [0.05, 0.1) is 19.9 Å². The van der Waals surface area contributed by atoms with E-state index in [2.05, 4.69) is 50.6 Å². The zero-order valence-corrected chi connectivity index (χ0v) is 23.2. The minimum atomic E-state index is -0.440. The van der Waals surface area contributed by atoms with E-state index in [4.69, 9.17) is 9.47 Å². The second-order valence-corrected chi connectivity index (χ2v) is 11.1. The second-order valence-electron chi connectivity index (χ2n) is 10.1. The molecule has 7 heteroatoms. The molecule has 36 heavy (non-hydrogen) atoms. The van der Waals surface area contributed by atoms with Gasteiger partial charge in [-0.2, -0.15) is 0 Å². The van der Waals surface area contributed by atoms with E-state index in [9.17, 15) is 9.59 Å². The molecular formula is C29H36N2O4S. The lowest BCUT2D eigenvalue weighted by molar-refractivity contribution is 0.0567. The number of hydrogen-bond acceptors (Lipinski definition) is 5. The van der Waals surface area contributed by atoms with Crippen LogP contribution in [-0.2, 0) is 24.1 Å². The average molecular weight is 509 g/mol. The Morgan fingerprint density at radius 1 is 1.17 bits per heavy atom. The number of ether oxygens (including phenoxy) is 2. The van der Waals surface area contributed by atoms with Gasteiger partial charge in [0.15, 0.2) is 0 Å². The van der Waals surface area contributed by atoms with Gasteiger partial charge >= 0.3 is 5.97 Å². The molecule has 0 saturated heterocycles. The average Bonchev–Trinajstić information content (AvgIpc) is 3.50. The molecule has 0 N–H and O–H groups in total. The molecule has 1 amide bonds. The van der Waals surface area contributed by atoms with Crippen LogP contribution in [0.4, 0.5) is 0 Å². The molecule has 0 fully saturated rings. The Hall–Kier alpha value is -3.06. The molecule has 3 aromatic rings. The fraction of sp³-hybridized carbons (Fsp3) is 0.448. The van der Waals surface area contributed by atoms with Crippen molar-refractivity contribution in [3.8, 4) is 27.4 Å². The van der Waals surface area contributed by atoms with Gasteiger partial charge in [0, 0.05) is 34.6 Å². The normalized spacial score (nSPS) is 12.6. The summed E-state index contributed by atoms with van der Waals surface area (Å²) in [5.41, 5.74) is 6.05. The number of carbonyl (C=O) groups is 2. The van der Waals surface area contributed by atoms with Gasteiger partial charge in [-0.15, -0.1) is 11.3 Å². The Labute approximate surface area is 217 Å². The van der Waals surface area contributed by atoms with Crippen molar-refractivity contribution < 1.29 is 19.1 Å². The Morgan fingerprint density at radius 2 is 1.92 bits per heavy atom. The highest BCUT2D eigenvalue weighted by Crippen LogP contribution is 2.46. The SMILES string of the molecule is CCCN(C(=O)c1c(CC)c(-c2cccs2)c2n1CCc1cc(OC)c(C(=O)OC)cc1-2)C(C)(C)C. The number of fused-ring (bicyclic) bond motifs is 3. The topological polar surface area (TPSA) is 60.8 Å². The van der Waals surface area contributed by atoms with Gasteiger partial charge in [-0.3, -0.25) is 4.79 Å². The van der Waals surface area contributed by atoms with Crippen LogP contribution in [0, 0.1) is 0 Å².